The third-order valence-electron chi connectivity index (χ3n) is 2.92. The van der Waals surface area contributed by atoms with Gasteiger partial charge in [0.05, 0.1) is 5.56 Å². The van der Waals surface area contributed by atoms with Gasteiger partial charge in [-0.2, -0.15) is 0 Å². The molecular formula is C14H17BrN4O. The molecule has 0 saturated carbocycles. The monoisotopic (exact) mass is 336 g/mol. The minimum absolute atomic E-state index is 0.0905. The molecule has 1 heterocycles. The summed E-state index contributed by atoms with van der Waals surface area (Å²) in [5, 5.41) is 13.1. The third kappa shape index (κ3) is 3.68. The van der Waals surface area contributed by atoms with E-state index in [4.69, 9.17) is 5.73 Å². The summed E-state index contributed by atoms with van der Waals surface area (Å²) in [5.74, 6) is 1.31. The molecule has 0 aliphatic rings. The van der Waals surface area contributed by atoms with Crippen molar-refractivity contribution in [3.63, 3.8) is 0 Å². The molecule has 0 amide bonds. The van der Waals surface area contributed by atoms with Crippen molar-refractivity contribution < 1.29 is 5.11 Å². The van der Waals surface area contributed by atoms with Crippen LogP contribution in [-0.4, -0.2) is 27.7 Å². The number of rotatable bonds is 5. The lowest BCUT2D eigenvalue weighted by Crippen LogP contribution is -2.28. The van der Waals surface area contributed by atoms with E-state index in [-0.39, 0.29) is 11.8 Å². The second-order valence-corrected chi connectivity index (χ2v) is 5.39. The maximum Gasteiger partial charge on any atom is 0.165 e. The normalized spacial score (nSPS) is 12.2. The zero-order valence-corrected chi connectivity index (χ0v) is 12.8. The number of hydrogen-bond donors (Lipinski definition) is 3. The first kappa shape index (κ1) is 14.7. The minimum atomic E-state index is 0.0905. The van der Waals surface area contributed by atoms with Crippen LogP contribution in [0.3, 0.4) is 0 Å². The molecule has 0 saturated heterocycles. The summed E-state index contributed by atoms with van der Waals surface area (Å²) < 4.78 is 0.861. The number of nitrogens with zero attached hydrogens (tertiary/aromatic N) is 2. The quantitative estimate of drug-likeness (QED) is 0.781. The van der Waals surface area contributed by atoms with Crippen molar-refractivity contribution in [2.75, 3.05) is 11.9 Å². The standard InChI is InChI=1S/C14H17BrN4O/c1-2-10(16)8-18-13-5-6-17-14(19-13)11-7-9(15)3-4-12(11)20/h3-7,10,20H,2,8,16H2,1H3,(H,17,18,19)/t10-/m1/s1. The molecule has 1 aromatic carbocycles. The van der Waals surface area contributed by atoms with Gasteiger partial charge in [-0.1, -0.05) is 22.9 Å². The number of benzene rings is 1. The zero-order chi connectivity index (χ0) is 14.5. The van der Waals surface area contributed by atoms with Gasteiger partial charge in [-0.3, -0.25) is 0 Å². The minimum Gasteiger partial charge on any atom is -0.507 e. The first-order chi connectivity index (χ1) is 9.60. The van der Waals surface area contributed by atoms with Gasteiger partial charge in [0.25, 0.3) is 0 Å². The first-order valence-corrected chi connectivity index (χ1v) is 7.21. The average molecular weight is 337 g/mol. The number of aromatic hydroxyl groups is 1. The Bertz CT molecular complexity index is 591. The molecule has 0 spiro atoms. The van der Waals surface area contributed by atoms with Gasteiger partial charge in [-0.05, 0) is 30.7 Å². The van der Waals surface area contributed by atoms with Gasteiger partial charge < -0.3 is 16.2 Å². The second kappa shape index (κ2) is 6.67. The van der Waals surface area contributed by atoms with Gasteiger partial charge in [0, 0.05) is 23.3 Å². The molecule has 0 aliphatic heterocycles. The van der Waals surface area contributed by atoms with Crippen molar-refractivity contribution in [1.82, 2.24) is 9.97 Å². The van der Waals surface area contributed by atoms with Crippen LogP contribution in [0.4, 0.5) is 5.82 Å². The van der Waals surface area contributed by atoms with E-state index in [1.165, 1.54) is 0 Å². The number of phenolic OH excluding ortho intramolecular Hbond substituents is 1. The Kier molecular flexibility index (Phi) is 4.92. The molecule has 0 unspecified atom stereocenters. The predicted molar refractivity (Wildman–Crippen MR) is 83.6 cm³/mol. The molecule has 106 valence electrons. The number of hydrogen-bond acceptors (Lipinski definition) is 5. The van der Waals surface area contributed by atoms with Crippen LogP contribution in [0.5, 0.6) is 5.75 Å². The summed E-state index contributed by atoms with van der Waals surface area (Å²) in [7, 11) is 0. The average Bonchev–Trinajstić information content (AvgIpc) is 2.47. The summed E-state index contributed by atoms with van der Waals surface area (Å²) in [5.41, 5.74) is 6.45. The topological polar surface area (TPSA) is 84.1 Å². The van der Waals surface area contributed by atoms with Crippen molar-refractivity contribution >= 4 is 21.7 Å². The number of phenols is 1. The molecule has 4 N–H and O–H groups in total. The predicted octanol–water partition coefficient (Wildman–Crippen LogP) is 2.76. The van der Waals surface area contributed by atoms with Gasteiger partial charge in [-0.25, -0.2) is 9.97 Å². The van der Waals surface area contributed by atoms with E-state index in [1.807, 2.05) is 6.92 Å². The van der Waals surface area contributed by atoms with Crippen LogP contribution in [0.25, 0.3) is 11.4 Å². The summed E-state index contributed by atoms with van der Waals surface area (Å²) in [4.78, 5) is 8.59. The van der Waals surface area contributed by atoms with E-state index in [2.05, 4.69) is 31.2 Å². The van der Waals surface area contributed by atoms with Crippen LogP contribution >= 0.6 is 15.9 Å². The highest BCUT2D eigenvalue weighted by atomic mass is 79.9. The van der Waals surface area contributed by atoms with Crippen LogP contribution < -0.4 is 11.1 Å². The molecule has 0 radical (unpaired) electrons. The largest absolute Gasteiger partial charge is 0.507 e. The van der Waals surface area contributed by atoms with Crippen molar-refractivity contribution in [3.05, 3.63) is 34.9 Å². The molecule has 20 heavy (non-hydrogen) atoms. The zero-order valence-electron chi connectivity index (χ0n) is 11.2. The summed E-state index contributed by atoms with van der Waals surface area (Å²) in [6.45, 7) is 2.69. The van der Waals surface area contributed by atoms with E-state index in [1.54, 1.807) is 30.5 Å². The first-order valence-electron chi connectivity index (χ1n) is 6.41. The van der Waals surface area contributed by atoms with E-state index in [9.17, 15) is 5.11 Å². The highest BCUT2D eigenvalue weighted by Gasteiger charge is 2.09. The maximum absolute atomic E-state index is 9.89. The molecule has 2 aromatic rings. The highest BCUT2D eigenvalue weighted by Crippen LogP contribution is 2.29. The number of aromatic nitrogens is 2. The van der Waals surface area contributed by atoms with E-state index < -0.39 is 0 Å². The van der Waals surface area contributed by atoms with Gasteiger partial charge in [0.2, 0.25) is 0 Å². The van der Waals surface area contributed by atoms with Gasteiger partial charge in [0.15, 0.2) is 5.82 Å². The maximum atomic E-state index is 9.89. The summed E-state index contributed by atoms with van der Waals surface area (Å²) in [6.07, 6.45) is 2.56. The van der Waals surface area contributed by atoms with Gasteiger partial charge >= 0.3 is 0 Å². The lowest BCUT2D eigenvalue weighted by molar-refractivity contribution is 0.477. The molecule has 1 aromatic heterocycles. The fourth-order valence-corrected chi connectivity index (χ4v) is 2.02. The molecule has 1 atom stereocenters. The Labute approximate surface area is 126 Å². The van der Waals surface area contributed by atoms with Crippen LogP contribution in [0.1, 0.15) is 13.3 Å². The Hall–Kier alpha value is -1.66. The smallest absolute Gasteiger partial charge is 0.165 e. The van der Waals surface area contributed by atoms with E-state index >= 15 is 0 Å². The van der Waals surface area contributed by atoms with Crippen molar-refractivity contribution in [1.29, 1.82) is 0 Å². The Morgan fingerprint density at radius 2 is 2.20 bits per heavy atom. The SMILES string of the molecule is CC[C@@H](N)CNc1ccnc(-c2cc(Br)ccc2O)n1. The van der Waals surface area contributed by atoms with Crippen molar-refractivity contribution in [3.8, 4) is 17.1 Å². The highest BCUT2D eigenvalue weighted by molar-refractivity contribution is 9.10. The molecule has 0 bridgehead atoms. The second-order valence-electron chi connectivity index (χ2n) is 4.48. The molecule has 0 fully saturated rings. The molecule has 5 nitrogen and oxygen atoms in total. The van der Waals surface area contributed by atoms with Crippen LogP contribution in [-0.2, 0) is 0 Å². The lowest BCUT2D eigenvalue weighted by Gasteiger charge is -2.11. The van der Waals surface area contributed by atoms with Crippen molar-refractivity contribution in [2.45, 2.75) is 19.4 Å². The van der Waals surface area contributed by atoms with Crippen LogP contribution in [0.2, 0.25) is 0 Å². The number of halogens is 1. The van der Waals surface area contributed by atoms with Crippen LogP contribution in [0, 0.1) is 0 Å². The van der Waals surface area contributed by atoms with E-state index in [0.29, 0.717) is 23.8 Å². The summed E-state index contributed by atoms with van der Waals surface area (Å²) >= 11 is 3.37. The molecular weight excluding hydrogens is 320 g/mol. The number of anilines is 1. The fraction of sp³-hybridized carbons (Fsp3) is 0.286. The number of nitrogens with one attached hydrogen (secondary N) is 1. The van der Waals surface area contributed by atoms with Crippen molar-refractivity contribution in [2.24, 2.45) is 5.73 Å². The molecule has 0 aliphatic carbocycles. The Balaban J connectivity index is 2.23. The van der Waals surface area contributed by atoms with Gasteiger partial charge in [0.1, 0.15) is 11.6 Å². The molecule has 2 rings (SSSR count). The van der Waals surface area contributed by atoms with E-state index in [0.717, 1.165) is 10.9 Å². The number of nitrogens with two attached hydrogens (primary N) is 1. The molecule has 6 heteroatoms. The Morgan fingerprint density at radius 3 is 2.95 bits per heavy atom. The third-order valence-corrected chi connectivity index (χ3v) is 3.42. The lowest BCUT2D eigenvalue weighted by atomic mass is 10.2. The van der Waals surface area contributed by atoms with Gasteiger partial charge in [-0.15, -0.1) is 0 Å². The fourth-order valence-electron chi connectivity index (χ4n) is 1.65. The van der Waals surface area contributed by atoms with Crippen LogP contribution in [0.15, 0.2) is 34.9 Å². The Morgan fingerprint density at radius 1 is 1.40 bits per heavy atom. The summed E-state index contributed by atoms with van der Waals surface area (Å²) in [6, 6.07) is 7.03.